The van der Waals surface area contributed by atoms with E-state index < -0.39 is 0 Å². The van der Waals surface area contributed by atoms with Gasteiger partial charge in [-0.3, -0.25) is 0 Å². The molecule has 3 rings (SSSR count). The summed E-state index contributed by atoms with van der Waals surface area (Å²) in [5.74, 6) is 0. The number of hydrogen-bond donors (Lipinski definition) is 1. The molecule has 0 bridgehead atoms. The number of hydrogen-bond acceptors (Lipinski definition) is 1. The van der Waals surface area contributed by atoms with Crippen molar-refractivity contribution in [1.29, 1.82) is 5.41 Å². The number of benzene rings is 2. The molecule has 0 unspecified atom stereocenters. The molecule has 0 saturated heterocycles. The molecule has 0 aromatic heterocycles. The molecule has 1 nitrogen and oxygen atoms in total. The van der Waals surface area contributed by atoms with Crippen molar-refractivity contribution in [2.45, 2.75) is 6.42 Å². The Morgan fingerprint density at radius 2 is 1.71 bits per heavy atom. The van der Waals surface area contributed by atoms with Crippen LogP contribution in [0.2, 0.25) is 0 Å². The molecule has 2 aromatic rings. The summed E-state index contributed by atoms with van der Waals surface area (Å²) in [5, 5.41) is 10.4. The van der Waals surface area contributed by atoms with Gasteiger partial charge in [-0.2, -0.15) is 0 Å². The summed E-state index contributed by atoms with van der Waals surface area (Å²) in [6, 6.07) is 12.5. The average Bonchev–Trinajstić information content (AvgIpc) is 2.47. The van der Waals surface area contributed by atoms with Crippen molar-refractivity contribution in [1.82, 2.24) is 0 Å². The van der Waals surface area contributed by atoms with E-state index in [1.807, 2.05) is 12.1 Å². The fourth-order valence-electron chi connectivity index (χ4n) is 2.10. The van der Waals surface area contributed by atoms with Gasteiger partial charge in [0.25, 0.3) is 0 Å². The van der Waals surface area contributed by atoms with Crippen molar-refractivity contribution >= 4 is 16.5 Å². The first kappa shape index (κ1) is 9.42. The van der Waals surface area contributed by atoms with Crippen LogP contribution in [0.3, 0.4) is 0 Å². The largest absolute Gasteiger partial charge is 0.304 e. The molecular formula is C12H9NNi. The monoisotopic (exact) mass is 225 g/mol. The summed E-state index contributed by atoms with van der Waals surface area (Å²) in [6.45, 7) is 0. The molecule has 1 aliphatic carbocycles. The van der Waals surface area contributed by atoms with Crippen LogP contribution in [0.25, 0.3) is 10.8 Å². The van der Waals surface area contributed by atoms with Gasteiger partial charge in [-0.25, -0.2) is 0 Å². The maximum Gasteiger partial charge on any atom is 0.0436 e. The number of nitrogens with one attached hydrogen (secondary N) is 1. The zero-order valence-corrected chi connectivity index (χ0v) is 8.48. The maximum atomic E-state index is 7.82. The summed E-state index contributed by atoms with van der Waals surface area (Å²) in [6.07, 6.45) is 0.802. The Bertz CT molecular complexity index is 511. The Balaban J connectivity index is 0.000000750. The summed E-state index contributed by atoms with van der Waals surface area (Å²) >= 11 is 0. The van der Waals surface area contributed by atoms with Gasteiger partial charge in [0.05, 0.1) is 0 Å². The second-order valence-corrected chi connectivity index (χ2v) is 3.48. The third-order valence-electron chi connectivity index (χ3n) is 2.68. The van der Waals surface area contributed by atoms with Crippen molar-refractivity contribution in [3.63, 3.8) is 0 Å². The molecule has 0 amide bonds. The van der Waals surface area contributed by atoms with Gasteiger partial charge >= 0.3 is 0 Å². The van der Waals surface area contributed by atoms with Crippen LogP contribution in [0.4, 0.5) is 0 Å². The normalized spacial score (nSPS) is 13.0. The van der Waals surface area contributed by atoms with Crippen LogP contribution in [0, 0.1) is 5.41 Å². The quantitative estimate of drug-likeness (QED) is 0.667. The summed E-state index contributed by atoms with van der Waals surface area (Å²) in [4.78, 5) is 0. The first-order valence-electron chi connectivity index (χ1n) is 4.45. The van der Waals surface area contributed by atoms with Gasteiger partial charge in [0.1, 0.15) is 0 Å². The summed E-state index contributed by atoms with van der Waals surface area (Å²) < 4.78 is 0. The minimum atomic E-state index is 0. The molecule has 0 heterocycles. The van der Waals surface area contributed by atoms with E-state index in [0.29, 0.717) is 0 Å². The van der Waals surface area contributed by atoms with Crippen molar-refractivity contribution in [2.24, 2.45) is 0 Å². The van der Waals surface area contributed by atoms with E-state index in [0.717, 1.165) is 17.7 Å². The van der Waals surface area contributed by atoms with E-state index in [1.165, 1.54) is 16.3 Å². The Labute approximate surface area is 92.6 Å². The van der Waals surface area contributed by atoms with E-state index in [4.69, 9.17) is 5.41 Å². The van der Waals surface area contributed by atoms with Crippen LogP contribution in [0.5, 0.6) is 0 Å². The zero-order valence-electron chi connectivity index (χ0n) is 7.49. The third-order valence-corrected chi connectivity index (χ3v) is 2.68. The predicted octanol–water partition coefficient (Wildman–Crippen LogP) is 2.76. The van der Waals surface area contributed by atoms with Crippen LogP contribution < -0.4 is 0 Å². The van der Waals surface area contributed by atoms with Crippen molar-refractivity contribution in [3.8, 4) is 0 Å². The van der Waals surface area contributed by atoms with Gasteiger partial charge in [-0.05, 0) is 16.3 Å². The second kappa shape index (κ2) is 3.22. The van der Waals surface area contributed by atoms with Crippen LogP contribution in [-0.4, -0.2) is 5.71 Å². The molecule has 0 atom stereocenters. The molecule has 0 saturated carbocycles. The minimum Gasteiger partial charge on any atom is -0.304 e. The van der Waals surface area contributed by atoms with Crippen LogP contribution in [-0.2, 0) is 22.9 Å². The van der Waals surface area contributed by atoms with Gasteiger partial charge in [0.2, 0.25) is 0 Å². The van der Waals surface area contributed by atoms with Crippen molar-refractivity contribution in [2.75, 3.05) is 0 Å². The van der Waals surface area contributed by atoms with Gasteiger partial charge in [0, 0.05) is 34.2 Å². The van der Waals surface area contributed by atoms with Crippen LogP contribution in [0.1, 0.15) is 11.1 Å². The maximum absolute atomic E-state index is 7.82. The molecule has 1 aliphatic rings. The minimum absolute atomic E-state index is 0. The standard InChI is InChI=1S/C12H9N.Ni/c13-11-7-9-5-1-3-8-4-2-6-10(11)12(8)9;/h1-6,13H,7H2;. The van der Waals surface area contributed by atoms with Crippen molar-refractivity contribution < 1.29 is 16.5 Å². The molecule has 0 fully saturated rings. The SMILES string of the molecule is N=C1Cc2cccc3cccc1c23.[Ni]. The van der Waals surface area contributed by atoms with Crippen molar-refractivity contribution in [3.05, 3.63) is 47.5 Å². The Hall–Kier alpha value is -1.14. The van der Waals surface area contributed by atoms with E-state index in [-0.39, 0.29) is 16.5 Å². The van der Waals surface area contributed by atoms with Gasteiger partial charge in [-0.1, -0.05) is 36.4 Å². The summed E-state index contributed by atoms with van der Waals surface area (Å²) in [7, 11) is 0. The van der Waals surface area contributed by atoms with E-state index in [2.05, 4.69) is 24.3 Å². The first-order chi connectivity index (χ1) is 6.36. The van der Waals surface area contributed by atoms with Gasteiger partial charge in [0.15, 0.2) is 0 Å². The molecule has 72 valence electrons. The van der Waals surface area contributed by atoms with Crippen LogP contribution in [0.15, 0.2) is 36.4 Å². The first-order valence-corrected chi connectivity index (χ1v) is 4.45. The zero-order chi connectivity index (χ0) is 8.84. The van der Waals surface area contributed by atoms with E-state index in [1.54, 1.807) is 0 Å². The molecule has 0 radical (unpaired) electrons. The predicted molar refractivity (Wildman–Crippen MR) is 54.5 cm³/mol. The molecule has 0 aliphatic heterocycles. The fourth-order valence-corrected chi connectivity index (χ4v) is 2.10. The fraction of sp³-hybridized carbons (Fsp3) is 0.0833. The molecular weight excluding hydrogens is 217 g/mol. The average molecular weight is 226 g/mol. The molecule has 1 N–H and O–H groups in total. The number of rotatable bonds is 0. The summed E-state index contributed by atoms with van der Waals surface area (Å²) in [5.41, 5.74) is 3.18. The third kappa shape index (κ3) is 1.11. The van der Waals surface area contributed by atoms with E-state index >= 15 is 0 Å². The van der Waals surface area contributed by atoms with E-state index in [9.17, 15) is 0 Å². The second-order valence-electron chi connectivity index (χ2n) is 3.48. The Kier molecular flexibility index (Phi) is 2.16. The van der Waals surface area contributed by atoms with Crippen LogP contribution >= 0.6 is 0 Å². The molecule has 2 aromatic carbocycles. The van der Waals surface area contributed by atoms with Gasteiger partial charge in [-0.15, -0.1) is 0 Å². The molecule has 0 spiro atoms. The Morgan fingerprint density at radius 1 is 1.00 bits per heavy atom. The topological polar surface area (TPSA) is 23.9 Å². The molecule has 2 heteroatoms. The Morgan fingerprint density at radius 3 is 2.50 bits per heavy atom. The van der Waals surface area contributed by atoms with Gasteiger partial charge < -0.3 is 5.41 Å². The molecule has 14 heavy (non-hydrogen) atoms. The smallest absolute Gasteiger partial charge is 0.0436 e.